The molecule has 1 N–H and O–H groups in total. The Labute approximate surface area is 171 Å². The Kier molecular flexibility index (Phi) is 6.42. The Morgan fingerprint density at radius 3 is 2.31 bits per heavy atom. The average molecular weight is 420 g/mol. The van der Waals surface area contributed by atoms with Gasteiger partial charge in [0, 0.05) is 24.5 Å². The summed E-state index contributed by atoms with van der Waals surface area (Å²) in [6.45, 7) is 3.74. The maximum Gasteiger partial charge on any atom is 0.248 e. The van der Waals surface area contributed by atoms with Gasteiger partial charge in [-0.25, -0.2) is 12.8 Å². The van der Waals surface area contributed by atoms with Crippen LogP contribution in [0.1, 0.15) is 26.2 Å². The second-order valence-corrected chi connectivity index (χ2v) is 9.02. The van der Waals surface area contributed by atoms with E-state index in [4.69, 9.17) is 0 Å². The second-order valence-electron chi connectivity index (χ2n) is 7.16. The number of hydrogen-bond donors (Lipinski definition) is 1. The number of rotatable bonds is 7. The second kappa shape index (κ2) is 8.82. The summed E-state index contributed by atoms with van der Waals surface area (Å²) in [6, 6.07) is 11.9. The topological polar surface area (TPSA) is 69.7 Å². The number of anilines is 3. The van der Waals surface area contributed by atoms with Crippen LogP contribution >= 0.6 is 0 Å². The van der Waals surface area contributed by atoms with Crippen molar-refractivity contribution in [3.05, 3.63) is 54.3 Å². The van der Waals surface area contributed by atoms with E-state index >= 15 is 0 Å². The molecule has 156 valence electrons. The molecule has 0 bridgehead atoms. The lowest BCUT2D eigenvalue weighted by Crippen LogP contribution is -2.47. The number of sulfonamides is 1. The monoisotopic (exact) mass is 419 g/mol. The van der Waals surface area contributed by atoms with Gasteiger partial charge in [-0.05, 0) is 55.7 Å². The van der Waals surface area contributed by atoms with Gasteiger partial charge in [0.1, 0.15) is 11.9 Å². The van der Waals surface area contributed by atoms with Gasteiger partial charge < -0.3 is 10.2 Å². The number of hydrogen-bond acceptors (Lipinski definition) is 4. The number of carbonyl (C=O) groups excluding carboxylic acids is 1. The van der Waals surface area contributed by atoms with E-state index in [0.717, 1.165) is 29.3 Å². The van der Waals surface area contributed by atoms with E-state index in [9.17, 15) is 17.6 Å². The van der Waals surface area contributed by atoms with Crippen molar-refractivity contribution in [1.29, 1.82) is 0 Å². The summed E-state index contributed by atoms with van der Waals surface area (Å²) in [6.07, 6.45) is 3.52. The van der Waals surface area contributed by atoms with Crippen molar-refractivity contribution in [3.63, 3.8) is 0 Å². The zero-order valence-electron chi connectivity index (χ0n) is 16.6. The fraction of sp³-hybridized carbons (Fsp3) is 0.381. The molecule has 1 saturated heterocycles. The third kappa shape index (κ3) is 4.87. The summed E-state index contributed by atoms with van der Waals surface area (Å²) in [7, 11) is -3.88. The van der Waals surface area contributed by atoms with Gasteiger partial charge >= 0.3 is 0 Å². The summed E-state index contributed by atoms with van der Waals surface area (Å²) >= 11 is 0. The fourth-order valence-corrected chi connectivity index (χ4v) is 4.83. The third-order valence-electron chi connectivity index (χ3n) is 5.03. The summed E-state index contributed by atoms with van der Waals surface area (Å²) < 4.78 is 40.0. The van der Waals surface area contributed by atoms with E-state index in [0.29, 0.717) is 5.69 Å². The normalized spacial score (nSPS) is 15.2. The Balaban J connectivity index is 1.82. The molecule has 0 saturated carbocycles. The van der Waals surface area contributed by atoms with Crippen LogP contribution in [0.4, 0.5) is 21.5 Å². The summed E-state index contributed by atoms with van der Waals surface area (Å²) in [5.74, 6) is -1.20. The van der Waals surface area contributed by atoms with Gasteiger partial charge in [-0.1, -0.05) is 19.1 Å². The van der Waals surface area contributed by atoms with Crippen molar-refractivity contribution < 1.29 is 17.6 Å². The zero-order valence-corrected chi connectivity index (χ0v) is 17.5. The molecule has 6 nitrogen and oxygen atoms in total. The largest absolute Gasteiger partial charge is 0.372 e. The lowest BCUT2D eigenvalue weighted by atomic mass is 10.1. The predicted octanol–water partition coefficient (Wildman–Crippen LogP) is 3.61. The highest BCUT2D eigenvalue weighted by Crippen LogP contribution is 2.27. The molecule has 2 aromatic carbocycles. The van der Waals surface area contributed by atoms with Crippen molar-refractivity contribution in [2.75, 3.05) is 33.9 Å². The molecule has 1 atom stereocenters. The zero-order chi connectivity index (χ0) is 21.0. The van der Waals surface area contributed by atoms with Crippen LogP contribution in [-0.2, 0) is 14.8 Å². The lowest BCUT2D eigenvalue weighted by Gasteiger charge is -2.30. The summed E-state index contributed by atoms with van der Waals surface area (Å²) in [5, 5.41) is 2.77. The van der Waals surface area contributed by atoms with Crippen molar-refractivity contribution in [3.8, 4) is 0 Å². The van der Waals surface area contributed by atoms with E-state index in [1.807, 2.05) is 12.1 Å². The van der Waals surface area contributed by atoms with Gasteiger partial charge in [0.15, 0.2) is 0 Å². The lowest BCUT2D eigenvalue weighted by molar-refractivity contribution is -0.117. The number of para-hydroxylation sites is 1. The van der Waals surface area contributed by atoms with Crippen LogP contribution in [0.2, 0.25) is 0 Å². The number of nitrogens with one attached hydrogen (secondary N) is 1. The Morgan fingerprint density at radius 2 is 1.76 bits per heavy atom. The Morgan fingerprint density at radius 1 is 1.14 bits per heavy atom. The summed E-state index contributed by atoms with van der Waals surface area (Å²) in [4.78, 5) is 15.2. The average Bonchev–Trinajstić information content (AvgIpc) is 3.21. The first kappa shape index (κ1) is 21.1. The van der Waals surface area contributed by atoms with E-state index in [2.05, 4.69) is 10.2 Å². The first-order valence-electron chi connectivity index (χ1n) is 9.71. The van der Waals surface area contributed by atoms with E-state index in [1.54, 1.807) is 19.1 Å². The highest BCUT2D eigenvalue weighted by Gasteiger charge is 2.33. The minimum absolute atomic E-state index is 0.138. The minimum atomic E-state index is -3.88. The molecular weight excluding hydrogens is 393 g/mol. The standard InChI is InChI=1S/C21H26FN3O3S/c1-3-19(25(29(2,27)28)20-9-5-4-8-18(20)22)21(26)23-16-10-12-17(13-11-16)24-14-6-7-15-24/h4-5,8-13,19H,3,6-7,14-15H2,1-2H3,(H,23,26)/t19-/m0/s1. The molecule has 8 heteroatoms. The van der Waals surface area contributed by atoms with Crippen LogP contribution in [0.25, 0.3) is 0 Å². The molecule has 1 heterocycles. The van der Waals surface area contributed by atoms with Crippen LogP contribution in [0, 0.1) is 5.82 Å². The van der Waals surface area contributed by atoms with Crippen molar-refractivity contribution in [1.82, 2.24) is 0 Å². The first-order valence-corrected chi connectivity index (χ1v) is 11.6. The van der Waals surface area contributed by atoms with Crippen LogP contribution < -0.4 is 14.5 Å². The van der Waals surface area contributed by atoms with Gasteiger partial charge in [-0.2, -0.15) is 0 Å². The number of amides is 1. The molecule has 1 amide bonds. The van der Waals surface area contributed by atoms with Gasteiger partial charge in [-0.15, -0.1) is 0 Å². The van der Waals surface area contributed by atoms with Gasteiger partial charge in [0.05, 0.1) is 11.9 Å². The third-order valence-corrected chi connectivity index (χ3v) is 6.19. The molecule has 0 unspecified atom stereocenters. The quantitative estimate of drug-likeness (QED) is 0.744. The highest BCUT2D eigenvalue weighted by atomic mass is 32.2. The van der Waals surface area contributed by atoms with Crippen LogP contribution in [-0.4, -0.2) is 39.7 Å². The molecule has 1 aliphatic rings. The van der Waals surface area contributed by atoms with E-state index in [1.165, 1.54) is 37.1 Å². The first-order chi connectivity index (χ1) is 13.8. The van der Waals surface area contributed by atoms with Gasteiger partial charge in [0.2, 0.25) is 15.9 Å². The van der Waals surface area contributed by atoms with Crippen LogP contribution in [0.15, 0.2) is 48.5 Å². The maximum absolute atomic E-state index is 14.3. The number of halogens is 1. The SMILES string of the molecule is CC[C@@H](C(=O)Nc1ccc(N2CCCC2)cc1)N(c1ccccc1F)S(C)(=O)=O. The van der Waals surface area contributed by atoms with Gasteiger partial charge in [-0.3, -0.25) is 9.10 Å². The number of nitrogens with zero attached hydrogens (tertiary/aromatic N) is 2. The van der Waals surface area contributed by atoms with Gasteiger partial charge in [0.25, 0.3) is 0 Å². The smallest absolute Gasteiger partial charge is 0.248 e. The molecule has 1 aliphatic heterocycles. The van der Waals surface area contributed by atoms with Crippen LogP contribution in [0.5, 0.6) is 0 Å². The Bertz CT molecular complexity index is 957. The highest BCUT2D eigenvalue weighted by molar-refractivity contribution is 7.92. The van der Waals surface area contributed by atoms with Crippen molar-refractivity contribution in [2.24, 2.45) is 0 Å². The molecular formula is C21H26FN3O3S. The molecule has 0 radical (unpaired) electrons. The maximum atomic E-state index is 14.3. The number of benzene rings is 2. The molecule has 29 heavy (non-hydrogen) atoms. The van der Waals surface area contributed by atoms with Crippen LogP contribution in [0.3, 0.4) is 0 Å². The number of carbonyl (C=O) groups is 1. The van der Waals surface area contributed by atoms with E-state index in [-0.39, 0.29) is 12.1 Å². The molecule has 0 spiro atoms. The van der Waals surface area contributed by atoms with E-state index < -0.39 is 27.8 Å². The molecule has 1 fully saturated rings. The molecule has 0 aliphatic carbocycles. The Hall–Kier alpha value is -2.61. The minimum Gasteiger partial charge on any atom is -0.372 e. The fourth-order valence-electron chi connectivity index (χ4n) is 3.62. The van der Waals surface area contributed by atoms with Crippen molar-refractivity contribution in [2.45, 2.75) is 32.2 Å². The predicted molar refractivity (Wildman–Crippen MR) is 114 cm³/mol. The van der Waals surface area contributed by atoms with Crippen molar-refractivity contribution >= 4 is 33.0 Å². The molecule has 2 aromatic rings. The molecule has 3 rings (SSSR count). The summed E-state index contributed by atoms with van der Waals surface area (Å²) in [5.41, 5.74) is 1.52. The molecule has 0 aromatic heterocycles.